The average Bonchev–Trinajstić information content (AvgIpc) is 2.07. The van der Waals surface area contributed by atoms with E-state index in [0.717, 1.165) is 21.4 Å². The van der Waals surface area contributed by atoms with Crippen molar-refractivity contribution < 1.29 is 0 Å². The van der Waals surface area contributed by atoms with E-state index in [4.69, 9.17) is 17.3 Å². The van der Waals surface area contributed by atoms with Gasteiger partial charge in [0.1, 0.15) is 0 Å². The molecule has 3 heteroatoms. The van der Waals surface area contributed by atoms with E-state index in [1.54, 1.807) is 0 Å². The number of benzene rings is 1. The third-order valence-electron chi connectivity index (χ3n) is 1.87. The molecule has 1 aromatic carbocycles. The van der Waals surface area contributed by atoms with Crippen molar-refractivity contribution in [1.29, 1.82) is 0 Å². The van der Waals surface area contributed by atoms with Gasteiger partial charge in [-0.15, -0.1) is 0 Å². The van der Waals surface area contributed by atoms with Gasteiger partial charge < -0.3 is 5.73 Å². The summed E-state index contributed by atoms with van der Waals surface area (Å²) in [6, 6.07) is 6.39. The van der Waals surface area contributed by atoms with Crippen LogP contribution >= 0.6 is 34.2 Å². The smallest absolute Gasteiger partial charge is 0.0539 e. The molecule has 0 heterocycles. The fourth-order valence-corrected chi connectivity index (χ4v) is 1.79. The third-order valence-corrected chi connectivity index (χ3v) is 3.41. The van der Waals surface area contributed by atoms with Crippen LogP contribution in [0.3, 0.4) is 0 Å². The molecule has 2 N–H and O–H groups in total. The van der Waals surface area contributed by atoms with Gasteiger partial charge in [-0.1, -0.05) is 17.7 Å². The molecule has 0 radical (unpaired) electrons. The minimum absolute atomic E-state index is 0.272. The van der Waals surface area contributed by atoms with Gasteiger partial charge in [0.15, 0.2) is 0 Å². The maximum Gasteiger partial charge on any atom is 0.0539 e. The van der Waals surface area contributed by atoms with Crippen LogP contribution in [0.2, 0.25) is 5.02 Å². The van der Waals surface area contributed by atoms with Crippen LogP contribution in [0.15, 0.2) is 18.2 Å². The van der Waals surface area contributed by atoms with Crippen molar-refractivity contribution >= 4 is 34.2 Å². The number of aryl methyl sites for hydroxylation is 1. The molecular weight excluding hydrogens is 296 g/mol. The number of rotatable bonds is 3. The van der Waals surface area contributed by atoms with Crippen molar-refractivity contribution in [2.45, 2.75) is 25.8 Å². The van der Waals surface area contributed by atoms with Crippen LogP contribution in [0, 0.1) is 3.57 Å². The van der Waals surface area contributed by atoms with Crippen molar-refractivity contribution in [2.24, 2.45) is 5.73 Å². The maximum atomic E-state index is 5.91. The number of hydrogen-bond donors (Lipinski definition) is 1. The summed E-state index contributed by atoms with van der Waals surface area (Å²) in [6.45, 7) is 2.03. The van der Waals surface area contributed by atoms with Gasteiger partial charge in [-0.3, -0.25) is 0 Å². The molecule has 0 fully saturated rings. The molecule has 0 aromatic heterocycles. The Hall–Kier alpha value is 0.200. The standard InChI is InChI=1S/C10H13ClIN/c1-7(13)2-3-8-4-5-9(11)10(12)6-8/h4-7H,2-3,13H2,1H3. The van der Waals surface area contributed by atoms with E-state index in [-0.39, 0.29) is 6.04 Å². The molecule has 13 heavy (non-hydrogen) atoms. The van der Waals surface area contributed by atoms with Crippen LogP contribution in [0.4, 0.5) is 0 Å². The maximum absolute atomic E-state index is 5.91. The Morgan fingerprint density at radius 3 is 2.77 bits per heavy atom. The molecule has 0 aliphatic rings. The highest BCUT2D eigenvalue weighted by molar-refractivity contribution is 14.1. The molecule has 0 aliphatic carbocycles. The number of halogens is 2. The molecule has 0 amide bonds. The zero-order chi connectivity index (χ0) is 9.84. The van der Waals surface area contributed by atoms with E-state index in [9.17, 15) is 0 Å². The van der Waals surface area contributed by atoms with Gasteiger partial charge >= 0.3 is 0 Å². The Balaban J connectivity index is 2.63. The molecule has 0 spiro atoms. The summed E-state index contributed by atoms with van der Waals surface area (Å²) < 4.78 is 1.11. The van der Waals surface area contributed by atoms with E-state index >= 15 is 0 Å². The van der Waals surface area contributed by atoms with E-state index in [1.807, 2.05) is 13.0 Å². The highest BCUT2D eigenvalue weighted by Gasteiger charge is 2.00. The fourth-order valence-electron chi connectivity index (χ4n) is 1.09. The topological polar surface area (TPSA) is 26.0 Å². The molecule has 0 saturated carbocycles. The van der Waals surface area contributed by atoms with Crippen LogP contribution < -0.4 is 5.73 Å². The zero-order valence-corrected chi connectivity index (χ0v) is 10.5. The van der Waals surface area contributed by atoms with Gasteiger partial charge in [-0.05, 0) is 60.1 Å². The molecule has 1 aromatic rings. The third kappa shape index (κ3) is 3.83. The van der Waals surface area contributed by atoms with Gasteiger partial charge in [-0.25, -0.2) is 0 Å². The molecule has 0 saturated heterocycles. The zero-order valence-electron chi connectivity index (χ0n) is 7.56. The first-order valence-electron chi connectivity index (χ1n) is 4.29. The second-order valence-electron chi connectivity index (χ2n) is 3.26. The predicted octanol–water partition coefficient (Wildman–Crippen LogP) is 3.22. The molecule has 72 valence electrons. The van der Waals surface area contributed by atoms with Gasteiger partial charge in [0.2, 0.25) is 0 Å². The van der Waals surface area contributed by atoms with Crippen LogP contribution in [0.25, 0.3) is 0 Å². The molecular formula is C10H13ClIN. The summed E-state index contributed by atoms with van der Waals surface area (Å²) >= 11 is 8.15. The van der Waals surface area contributed by atoms with E-state index in [2.05, 4.69) is 34.7 Å². The van der Waals surface area contributed by atoms with Crippen LogP contribution in [0.5, 0.6) is 0 Å². The monoisotopic (exact) mass is 309 g/mol. The first-order chi connectivity index (χ1) is 6.09. The number of nitrogens with two attached hydrogens (primary N) is 1. The summed E-state index contributed by atoms with van der Waals surface area (Å²) in [6.07, 6.45) is 2.06. The van der Waals surface area contributed by atoms with Crippen LogP contribution in [0.1, 0.15) is 18.9 Å². The quantitative estimate of drug-likeness (QED) is 0.852. The van der Waals surface area contributed by atoms with Crippen molar-refractivity contribution in [3.63, 3.8) is 0 Å². The molecule has 1 rings (SSSR count). The largest absolute Gasteiger partial charge is 0.328 e. The summed E-state index contributed by atoms with van der Waals surface area (Å²) in [5.74, 6) is 0. The summed E-state index contributed by atoms with van der Waals surface area (Å²) in [7, 11) is 0. The second kappa shape index (κ2) is 5.17. The molecule has 0 bridgehead atoms. The van der Waals surface area contributed by atoms with E-state index in [1.165, 1.54) is 5.56 Å². The Bertz CT molecular complexity index is 286. The lowest BCUT2D eigenvalue weighted by molar-refractivity contribution is 0.666. The van der Waals surface area contributed by atoms with Crippen LogP contribution in [-0.2, 0) is 6.42 Å². The molecule has 1 unspecified atom stereocenters. The fraction of sp³-hybridized carbons (Fsp3) is 0.400. The Morgan fingerprint density at radius 2 is 2.23 bits per heavy atom. The summed E-state index contributed by atoms with van der Waals surface area (Å²) in [5, 5.41) is 0.824. The first kappa shape index (κ1) is 11.3. The summed E-state index contributed by atoms with van der Waals surface area (Å²) in [5.41, 5.74) is 6.99. The SMILES string of the molecule is CC(N)CCc1ccc(Cl)c(I)c1. The van der Waals surface area contributed by atoms with Gasteiger partial charge in [0, 0.05) is 9.61 Å². The lowest BCUT2D eigenvalue weighted by Crippen LogP contribution is -2.15. The van der Waals surface area contributed by atoms with Gasteiger partial charge in [-0.2, -0.15) is 0 Å². The average molecular weight is 310 g/mol. The van der Waals surface area contributed by atoms with Crippen molar-refractivity contribution in [3.8, 4) is 0 Å². The highest BCUT2D eigenvalue weighted by Crippen LogP contribution is 2.20. The lowest BCUT2D eigenvalue weighted by atomic mass is 10.1. The number of hydrogen-bond acceptors (Lipinski definition) is 1. The molecule has 1 nitrogen and oxygen atoms in total. The van der Waals surface area contributed by atoms with Gasteiger partial charge in [0.25, 0.3) is 0 Å². The Kier molecular flexibility index (Phi) is 4.49. The Labute approximate surface area is 97.8 Å². The minimum atomic E-state index is 0.272. The normalized spacial score (nSPS) is 12.9. The molecule has 0 aliphatic heterocycles. The lowest BCUT2D eigenvalue weighted by Gasteiger charge is -2.05. The molecule has 1 atom stereocenters. The first-order valence-corrected chi connectivity index (χ1v) is 5.75. The van der Waals surface area contributed by atoms with Gasteiger partial charge in [0.05, 0.1) is 5.02 Å². The minimum Gasteiger partial charge on any atom is -0.328 e. The van der Waals surface area contributed by atoms with E-state index < -0.39 is 0 Å². The Morgan fingerprint density at radius 1 is 1.54 bits per heavy atom. The van der Waals surface area contributed by atoms with Crippen molar-refractivity contribution in [2.75, 3.05) is 0 Å². The van der Waals surface area contributed by atoms with Crippen molar-refractivity contribution in [1.82, 2.24) is 0 Å². The second-order valence-corrected chi connectivity index (χ2v) is 4.83. The van der Waals surface area contributed by atoms with Crippen LogP contribution in [-0.4, -0.2) is 6.04 Å². The predicted molar refractivity (Wildman–Crippen MR) is 66.1 cm³/mol. The van der Waals surface area contributed by atoms with E-state index in [0.29, 0.717) is 0 Å². The highest BCUT2D eigenvalue weighted by atomic mass is 127. The summed E-state index contributed by atoms with van der Waals surface area (Å²) in [4.78, 5) is 0. The van der Waals surface area contributed by atoms with Crippen molar-refractivity contribution in [3.05, 3.63) is 32.4 Å².